The summed E-state index contributed by atoms with van der Waals surface area (Å²) in [4.78, 5) is 59.2. The van der Waals surface area contributed by atoms with E-state index in [1.807, 2.05) is 6.92 Å². The summed E-state index contributed by atoms with van der Waals surface area (Å²) in [6, 6.07) is 20.0. The minimum absolute atomic E-state index is 0.125. The maximum Gasteiger partial charge on any atom is 0.339 e. The van der Waals surface area contributed by atoms with E-state index in [0.717, 1.165) is 6.42 Å². The van der Waals surface area contributed by atoms with Gasteiger partial charge in [0.1, 0.15) is 0 Å². The zero-order valence-electron chi connectivity index (χ0n) is 23.8. The normalized spacial score (nSPS) is 22.7. The van der Waals surface area contributed by atoms with Crippen LogP contribution in [0.5, 0.6) is 0 Å². The highest BCUT2D eigenvalue weighted by molar-refractivity contribution is 6.35. The number of nitrogens with zero attached hydrogens (tertiary/aromatic N) is 2. The number of aromatic nitrogens is 1. The number of ketones is 1. The van der Waals surface area contributed by atoms with Gasteiger partial charge >= 0.3 is 5.97 Å². The van der Waals surface area contributed by atoms with Gasteiger partial charge in [-0.15, -0.1) is 0 Å². The number of imide groups is 1. The Morgan fingerprint density at radius 3 is 2.39 bits per heavy atom. The number of hydrogen-bond acceptors (Lipinski definition) is 6. The van der Waals surface area contributed by atoms with E-state index in [2.05, 4.69) is 6.08 Å². The van der Waals surface area contributed by atoms with Crippen LogP contribution in [0.2, 0.25) is 10.0 Å². The lowest BCUT2D eigenvalue weighted by molar-refractivity contribution is -0.123. The predicted molar refractivity (Wildman–Crippen MR) is 168 cm³/mol. The van der Waals surface area contributed by atoms with Crippen LogP contribution in [-0.4, -0.2) is 34.7 Å². The third-order valence-electron chi connectivity index (χ3n) is 9.09. The Labute approximate surface area is 263 Å². The van der Waals surface area contributed by atoms with Crippen LogP contribution < -0.4 is 4.90 Å². The van der Waals surface area contributed by atoms with Crippen molar-refractivity contribution in [1.82, 2.24) is 4.98 Å². The molecule has 220 valence electrons. The second-order valence-corrected chi connectivity index (χ2v) is 12.5. The summed E-state index contributed by atoms with van der Waals surface area (Å²) in [5, 5.41) is 1.32. The highest BCUT2D eigenvalue weighted by Gasteiger charge is 2.60. The lowest BCUT2D eigenvalue weighted by atomic mass is 9.82. The molecule has 7 rings (SSSR count). The molecule has 5 unspecified atom stereocenters. The molecule has 1 saturated heterocycles. The van der Waals surface area contributed by atoms with Crippen LogP contribution in [0.1, 0.15) is 41.0 Å². The Kier molecular flexibility index (Phi) is 6.91. The highest BCUT2D eigenvalue weighted by atomic mass is 35.5. The number of halogens is 2. The molecule has 2 fully saturated rings. The van der Waals surface area contributed by atoms with Crippen molar-refractivity contribution in [2.45, 2.75) is 26.4 Å². The lowest BCUT2D eigenvalue weighted by Gasteiger charge is -2.19. The Hall–Kier alpha value is -4.33. The summed E-state index contributed by atoms with van der Waals surface area (Å²) in [6.45, 7) is 3.56. The fourth-order valence-corrected chi connectivity index (χ4v) is 7.31. The van der Waals surface area contributed by atoms with Gasteiger partial charge in [0.05, 0.1) is 39.3 Å². The highest BCUT2D eigenvalue weighted by Crippen LogP contribution is 2.56. The Bertz CT molecular complexity index is 1920. The van der Waals surface area contributed by atoms with Crippen molar-refractivity contribution < 1.29 is 23.9 Å². The van der Waals surface area contributed by atoms with Gasteiger partial charge in [0.2, 0.25) is 17.6 Å². The summed E-state index contributed by atoms with van der Waals surface area (Å²) in [5.74, 6) is -1.67. The molecule has 1 aliphatic heterocycles. The number of fused-ring (bicyclic) bond motifs is 6. The third kappa shape index (κ3) is 4.54. The number of carbonyl (C=O) groups excluding carboxylic acids is 4. The smallest absolute Gasteiger partial charge is 0.339 e. The number of rotatable bonds is 6. The Balaban J connectivity index is 1.18. The van der Waals surface area contributed by atoms with E-state index in [4.69, 9.17) is 32.9 Å². The second kappa shape index (κ2) is 10.7. The summed E-state index contributed by atoms with van der Waals surface area (Å²) in [6.07, 6.45) is 1.97. The van der Waals surface area contributed by atoms with Gasteiger partial charge in [0.25, 0.3) is 0 Å². The first-order chi connectivity index (χ1) is 21.1. The largest absolute Gasteiger partial charge is 0.451 e. The van der Waals surface area contributed by atoms with Crippen LogP contribution in [0.4, 0.5) is 5.69 Å². The molecule has 44 heavy (non-hydrogen) atoms. The van der Waals surface area contributed by atoms with Crippen LogP contribution in [0, 0.1) is 23.7 Å². The molecule has 5 atom stereocenters. The number of Topliss-reactive ketones (excluding diaryl/α,β-unsaturated/α-hetero) is 1. The molecule has 0 radical (unpaired) electrons. The SMILES string of the molecule is CC1=CC2CC1C1C(=O)N(c3ccc(-c4cc(C(=O)OC(C)C(=O)c5ccc(Cl)cc5)c5cccc(Cl)c5n4)cc3)C(=O)C21. The van der Waals surface area contributed by atoms with Crippen LogP contribution in [-0.2, 0) is 14.3 Å². The number of benzene rings is 3. The molecule has 9 heteroatoms. The first-order valence-corrected chi connectivity index (χ1v) is 15.1. The topological polar surface area (TPSA) is 93.6 Å². The van der Waals surface area contributed by atoms with Crippen molar-refractivity contribution in [3.05, 3.63) is 106 Å². The number of hydrogen-bond donors (Lipinski definition) is 0. The first kappa shape index (κ1) is 28.4. The maximum atomic E-state index is 13.5. The molecular weight excluding hydrogens is 599 g/mol. The van der Waals surface area contributed by atoms with Crippen LogP contribution >= 0.6 is 23.2 Å². The van der Waals surface area contributed by atoms with Gasteiger partial charge in [-0.1, -0.05) is 59.1 Å². The average molecular weight is 626 g/mol. The molecule has 2 amide bonds. The molecular formula is C35H26Cl2N2O5. The molecule has 4 aromatic rings. The predicted octanol–water partition coefficient (Wildman–Crippen LogP) is 7.34. The molecule has 0 N–H and O–H groups in total. The molecule has 2 aliphatic carbocycles. The Morgan fingerprint density at radius 1 is 0.955 bits per heavy atom. The number of allylic oxidation sites excluding steroid dienone is 2. The minimum atomic E-state index is -1.06. The molecule has 3 aliphatic rings. The monoisotopic (exact) mass is 624 g/mol. The number of amides is 2. The van der Waals surface area contributed by atoms with Gasteiger partial charge in [0.15, 0.2) is 6.10 Å². The van der Waals surface area contributed by atoms with Crippen LogP contribution in [0.15, 0.2) is 84.4 Å². The van der Waals surface area contributed by atoms with E-state index in [9.17, 15) is 19.2 Å². The number of ether oxygens (including phenoxy) is 1. The molecule has 3 aromatic carbocycles. The summed E-state index contributed by atoms with van der Waals surface area (Å²) >= 11 is 12.4. The third-order valence-corrected chi connectivity index (χ3v) is 9.65. The quantitative estimate of drug-likeness (QED) is 0.0964. The molecule has 1 saturated carbocycles. The molecule has 0 spiro atoms. The van der Waals surface area contributed by atoms with Crippen molar-refractivity contribution in [3.8, 4) is 11.3 Å². The van der Waals surface area contributed by atoms with Crippen molar-refractivity contribution >= 4 is 63.4 Å². The number of para-hydroxylation sites is 1. The van der Waals surface area contributed by atoms with Gasteiger partial charge in [-0.3, -0.25) is 19.3 Å². The van der Waals surface area contributed by atoms with E-state index < -0.39 is 12.1 Å². The number of carbonyl (C=O) groups is 4. The Morgan fingerprint density at radius 2 is 1.66 bits per heavy atom. The second-order valence-electron chi connectivity index (χ2n) is 11.6. The van der Waals surface area contributed by atoms with Crippen LogP contribution in [0.25, 0.3) is 22.2 Å². The zero-order chi connectivity index (χ0) is 30.9. The van der Waals surface area contributed by atoms with E-state index in [-0.39, 0.29) is 46.8 Å². The molecule has 7 nitrogen and oxygen atoms in total. The zero-order valence-corrected chi connectivity index (χ0v) is 25.3. The fraction of sp³-hybridized carbons (Fsp3) is 0.229. The van der Waals surface area contributed by atoms with Crippen molar-refractivity contribution in [2.75, 3.05) is 4.90 Å². The number of esters is 1. The van der Waals surface area contributed by atoms with E-state index in [0.29, 0.717) is 43.5 Å². The van der Waals surface area contributed by atoms with E-state index >= 15 is 0 Å². The van der Waals surface area contributed by atoms with E-state index in [1.54, 1.807) is 72.8 Å². The number of anilines is 1. The molecule has 1 aromatic heterocycles. The van der Waals surface area contributed by atoms with Gasteiger partial charge in [-0.2, -0.15) is 0 Å². The summed E-state index contributed by atoms with van der Waals surface area (Å²) in [7, 11) is 0. The summed E-state index contributed by atoms with van der Waals surface area (Å²) < 4.78 is 5.62. The first-order valence-electron chi connectivity index (χ1n) is 14.4. The minimum Gasteiger partial charge on any atom is -0.451 e. The van der Waals surface area contributed by atoms with Gasteiger partial charge < -0.3 is 4.74 Å². The molecule has 2 heterocycles. The average Bonchev–Trinajstić information content (AvgIpc) is 3.66. The number of pyridine rings is 1. The van der Waals surface area contributed by atoms with Crippen molar-refractivity contribution in [1.29, 1.82) is 0 Å². The van der Waals surface area contributed by atoms with Gasteiger partial charge in [0, 0.05) is 21.5 Å². The lowest BCUT2D eigenvalue weighted by Crippen LogP contribution is -2.32. The van der Waals surface area contributed by atoms with Gasteiger partial charge in [-0.05, 0) is 80.6 Å². The summed E-state index contributed by atoms with van der Waals surface area (Å²) in [5.41, 5.74) is 3.76. The molecule has 2 bridgehead atoms. The van der Waals surface area contributed by atoms with Crippen molar-refractivity contribution in [2.24, 2.45) is 23.7 Å². The fourth-order valence-electron chi connectivity index (χ4n) is 6.97. The standard InChI is InChI=1S/C35H26Cl2N2O5/c1-17-14-21-15-25(17)30-29(21)33(41)39(34(30)42)23-12-8-19(9-13-23)28-16-26(24-4-3-5-27(37)31(24)38-28)35(43)44-18(2)32(40)20-6-10-22(36)11-7-20/h3-14,16,18,21,25,29-30H,15H2,1-2H3. The van der Waals surface area contributed by atoms with Crippen molar-refractivity contribution in [3.63, 3.8) is 0 Å². The van der Waals surface area contributed by atoms with Crippen LogP contribution in [0.3, 0.4) is 0 Å². The van der Waals surface area contributed by atoms with E-state index in [1.165, 1.54) is 17.4 Å². The maximum absolute atomic E-state index is 13.5. The van der Waals surface area contributed by atoms with Gasteiger partial charge in [-0.25, -0.2) is 9.78 Å².